The van der Waals surface area contributed by atoms with E-state index >= 15 is 0 Å². The van der Waals surface area contributed by atoms with Gasteiger partial charge in [0.25, 0.3) is 0 Å². The summed E-state index contributed by atoms with van der Waals surface area (Å²) in [4.78, 5) is 16.1. The zero-order chi connectivity index (χ0) is 14.7. The van der Waals surface area contributed by atoms with Gasteiger partial charge in [0.15, 0.2) is 0 Å². The molecule has 0 radical (unpaired) electrons. The van der Waals surface area contributed by atoms with Crippen LogP contribution in [0.3, 0.4) is 0 Å². The maximum atomic E-state index is 11.6. The number of rotatable bonds is 3. The van der Waals surface area contributed by atoms with Crippen molar-refractivity contribution in [3.63, 3.8) is 0 Å². The van der Waals surface area contributed by atoms with Crippen molar-refractivity contribution in [3.05, 3.63) is 42.7 Å². The Bertz CT molecular complexity index is 606. The molecular formula is C17H20N2O2. The number of hydrogen-bond acceptors (Lipinski definition) is 2. The second kappa shape index (κ2) is 6.12. The van der Waals surface area contributed by atoms with Crippen molar-refractivity contribution in [1.29, 1.82) is 0 Å². The Balaban J connectivity index is 1.99. The first-order chi connectivity index (χ1) is 10.3. The molecule has 2 unspecified atom stereocenters. The third kappa shape index (κ3) is 2.84. The number of carbonyl (C=O) groups is 1. The molecule has 1 fully saturated rings. The SMILES string of the molecule is O=C(O)C1CCCCCC1n1ccnc1-c1ccccc1. The van der Waals surface area contributed by atoms with Crippen molar-refractivity contribution < 1.29 is 9.90 Å². The van der Waals surface area contributed by atoms with Crippen LogP contribution in [0.2, 0.25) is 0 Å². The van der Waals surface area contributed by atoms with Crippen molar-refractivity contribution in [1.82, 2.24) is 9.55 Å². The van der Waals surface area contributed by atoms with Gasteiger partial charge in [0, 0.05) is 24.0 Å². The van der Waals surface area contributed by atoms with Crippen LogP contribution >= 0.6 is 0 Å². The van der Waals surface area contributed by atoms with Gasteiger partial charge in [-0.25, -0.2) is 4.98 Å². The summed E-state index contributed by atoms with van der Waals surface area (Å²) in [6.45, 7) is 0. The molecule has 1 N–H and O–H groups in total. The molecule has 4 heteroatoms. The minimum absolute atomic E-state index is 0.00251. The van der Waals surface area contributed by atoms with E-state index in [9.17, 15) is 9.90 Å². The minimum Gasteiger partial charge on any atom is -0.481 e. The van der Waals surface area contributed by atoms with E-state index in [2.05, 4.69) is 9.55 Å². The van der Waals surface area contributed by atoms with Crippen LogP contribution in [0, 0.1) is 5.92 Å². The number of aliphatic carboxylic acids is 1. The van der Waals surface area contributed by atoms with E-state index in [1.807, 2.05) is 36.5 Å². The average Bonchev–Trinajstić information content (AvgIpc) is 2.85. The fourth-order valence-corrected chi connectivity index (χ4v) is 3.30. The highest BCUT2D eigenvalue weighted by molar-refractivity contribution is 5.71. The molecule has 0 spiro atoms. The Morgan fingerprint density at radius 1 is 1.14 bits per heavy atom. The molecule has 3 rings (SSSR count). The van der Waals surface area contributed by atoms with Crippen molar-refractivity contribution in [2.75, 3.05) is 0 Å². The van der Waals surface area contributed by atoms with E-state index in [1.165, 1.54) is 0 Å². The molecule has 21 heavy (non-hydrogen) atoms. The summed E-state index contributed by atoms with van der Waals surface area (Å²) < 4.78 is 2.07. The van der Waals surface area contributed by atoms with Crippen LogP contribution in [0.5, 0.6) is 0 Å². The monoisotopic (exact) mass is 284 g/mol. The summed E-state index contributed by atoms with van der Waals surface area (Å²) in [5.74, 6) is -0.132. The normalized spacial score (nSPS) is 22.7. The summed E-state index contributed by atoms with van der Waals surface area (Å²) in [5, 5.41) is 9.56. The molecule has 1 saturated carbocycles. The Morgan fingerprint density at radius 3 is 2.67 bits per heavy atom. The summed E-state index contributed by atoms with van der Waals surface area (Å²) in [6.07, 6.45) is 8.57. The average molecular weight is 284 g/mol. The van der Waals surface area contributed by atoms with Crippen LogP contribution in [0.25, 0.3) is 11.4 Å². The van der Waals surface area contributed by atoms with E-state index in [0.717, 1.165) is 43.5 Å². The zero-order valence-electron chi connectivity index (χ0n) is 12.0. The van der Waals surface area contributed by atoms with Gasteiger partial charge >= 0.3 is 5.97 Å². The summed E-state index contributed by atoms with van der Waals surface area (Å²) >= 11 is 0. The fraction of sp³-hybridized carbons (Fsp3) is 0.412. The van der Waals surface area contributed by atoms with E-state index in [-0.39, 0.29) is 12.0 Å². The van der Waals surface area contributed by atoms with Crippen molar-refractivity contribution >= 4 is 5.97 Å². The minimum atomic E-state index is -0.686. The molecule has 1 aliphatic rings. The number of carboxylic acids is 1. The lowest BCUT2D eigenvalue weighted by molar-refractivity contribution is -0.143. The molecule has 1 aliphatic carbocycles. The lowest BCUT2D eigenvalue weighted by Crippen LogP contribution is -2.25. The van der Waals surface area contributed by atoms with E-state index in [4.69, 9.17) is 0 Å². The predicted octanol–water partition coefficient (Wildman–Crippen LogP) is 3.76. The van der Waals surface area contributed by atoms with Crippen LogP contribution < -0.4 is 0 Å². The molecule has 110 valence electrons. The first-order valence-corrected chi connectivity index (χ1v) is 7.58. The quantitative estimate of drug-likeness (QED) is 0.873. The van der Waals surface area contributed by atoms with Crippen LogP contribution in [0.15, 0.2) is 42.7 Å². The second-order valence-corrected chi connectivity index (χ2v) is 5.67. The highest BCUT2D eigenvalue weighted by Gasteiger charge is 2.31. The van der Waals surface area contributed by atoms with Crippen LogP contribution in [0.1, 0.15) is 38.1 Å². The van der Waals surface area contributed by atoms with Crippen LogP contribution in [-0.2, 0) is 4.79 Å². The van der Waals surface area contributed by atoms with Gasteiger partial charge in [0.1, 0.15) is 5.82 Å². The molecule has 1 aromatic heterocycles. The number of aromatic nitrogens is 2. The zero-order valence-corrected chi connectivity index (χ0v) is 12.0. The molecule has 0 saturated heterocycles. The number of benzene rings is 1. The van der Waals surface area contributed by atoms with Gasteiger partial charge in [-0.1, -0.05) is 49.6 Å². The van der Waals surface area contributed by atoms with Gasteiger partial charge in [-0.05, 0) is 12.8 Å². The summed E-state index contributed by atoms with van der Waals surface area (Å²) in [5.41, 5.74) is 1.04. The number of hydrogen-bond donors (Lipinski definition) is 1. The van der Waals surface area contributed by atoms with E-state index < -0.39 is 5.97 Å². The van der Waals surface area contributed by atoms with Crippen molar-refractivity contribution in [2.24, 2.45) is 5.92 Å². The Hall–Kier alpha value is -2.10. The Labute approximate surface area is 124 Å². The Morgan fingerprint density at radius 2 is 1.90 bits per heavy atom. The fourth-order valence-electron chi connectivity index (χ4n) is 3.30. The van der Waals surface area contributed by atoms with Gasteiger partial charge in [-0.3, -0.25) is 4.79 Å². The van der Waals surface area contributed by atoms with Crippen molar-refractivity contribution in [2.45, 2.75) is 38.1 Å². The predicted molar refractivity (Wildman–Crippen MR) is 80.9 cm³/mol. The van der Waals surface area contributed by atoms with Gasteiger partial charge in [-0.2, -0.15) is 0 Å². The third-order valence-electron chi connectivity index (χ3n) is 4.35. The molecule has 2 atom stereocenters. The maximum Gasteiger partial charge on any atom is 0.308 e. The molecule has 0 amide bonds. The lowest BCUT2D eigenvalue weighted by Gasteiger charge is -2.25. The number of imidazole rings is 1. The molecule has 2 aromatic rings. The molecule has 1 aromatic carbocycles. The van der Waals surface area contributed by atoms with Gasteiger partial charge in [-0.15, -0.1) is 0 Å². The molecule has 4 nitrogen and oxygen atoms in total. The topological polar surface area (TPSA) is 55.1 Å². The van der Waals surface area contributed by atoms with Gasteiger partial charge in [0.05, 0.1) is 5.92 Å². The molecule has 0 bridgehead atoms. The first-order valence-electron chi connectivity index (χ1n) is 7.58. The van der Waals surface area contributed by atoms with Gasteiger partial charge < -0.3 is 9.67 Å². The summed E-state index contributed by atoms with van der Waals surface area (Å²) in [7, 11) is 0. The summed E-state index contributed by atoms with van der Waals surface area (Å²) in [6, 6.07) is 9.98. The molecule has 0 aliphatic heterocycles. The highest BCUT2D eigenvalue weighted by atomic mass is 16.4. The molecule has 1 heterocycles. The van der Waals surface area contributed by atoms with Crippen LogP contribution in [-0.4, -0.2) is 20.6 Å². The Kier molecular flexibility index (Phi) is 4.04. The third-order valence-corrected chi connectivity index (χ3v) is 4.35. The standard InChI is InChI=1S/C17H20N2O2/c20-17(21)14-9-5-2-6-10-15(14)19-12-11-18-16(19)13-7-3-1-4-8-13/h1,3-4,7-8,11-12,14-15H,2,5-6,9-10H2,(H,20,21). The maximum absolute atomic E-state index is 11.6. The second-order valence-electron chi connectivity index (χ2n) is 5.67. The highest BCUT2D eigenvalue weighted by Crippen LogP contribution is 2.35. The molecular weight excluding hydrogens is 264 g/mol. The van der Waals surface area contributed by atoms with Crippen LogP contribution in [0.4, 0.5) is 0 Å². The lowest BCUT2D eigenvalue weighted by atomic mass is 9.94. The van der Waals surface area contributed by atoms with Gasteiger partial charge in [0.2, 0.25) is 0 Å². The smallest absolute Gasteiger partial charge is 0.308 e. The van der Waals surface area contributed by atoms with Crippen molar-refractivity contribution in [3.8, 4) is 11.4 Å². The number of carboxylic acid groups (broad SMARTS) is 1. The van der Waals surface area contributed by atoms with E-state index in [0.29, 0.717) is 0 Å². The largest absolute Gasteiger partial charge is 0.481 e. The first kappa shape index (κ1) is 13.9. The number of nitrogens with zero attached hydrogens (tertiary/aromatic N) is 2. The van der Waals surface area contributed by atoms with E-state index in [1.54, 1.807) is 6.20 Å².